The van der Waals surface area contributed by atoms with Gasteiger partial charge in [-0.05, 0) is 95.2 Å². The maximum absolute atomic E-state index is 13.7. The first-order valence-electron chi connectivity index (χ1n) is 15.9. The fourth-order valence-corrected chi connectivity index (χ4v) is 5.98. The van der Waals surface area contributed by atoms with Crippen LogP contribution in [-0.4, -0.2) is 57.0 Å². The molecule has 3 heterocycles. The highest BCUT2D eigenvalue weighted by atomic mass is 16.6. The summed E-state index contributed by atoms with van der Waals surface area (Å²) in [7, 11) is 0. The Labute approximate surface area is 262 Å². The van der Waals surface area contributed by atoms with Crippen LogP contribution in [0.1, 0.15) is 117 Å². The highest BCUT2D eigenvalue weighted by Gasteiger charge is 2.34. The number of nitrogens with zero attached hydrogens (tertiary/aromatic N) is 4. The van der Waals surface area contributed by atoms with Crippen molar-refractivity contribution in [2.24, 2.45) is 0 Å². The molecule has 2 aliphatic rings. The number of amides is 2. The average molecular weight is 598 g/mol. The van der Waals surface area contributed by atoms with Crippen molar-refractivity contribution in [2.45, 2.75) is 98.6 Å². The molecule has 1 unspecified atom stereocenters. The van der Waals surface area contributed by atoms with Crippen molar-refractivity contribution in [1.29, 1.82) is 5.26 Å². The number of hydrogen-bond acceptors (Lipinski definition) is 5. The van der Waals surface area contributed by atoms with Gasteiger partial charge in [-0.1, -0.05) is 38.5 Å². The molecule has 0 radical (unpaired) electrons. The Kier molecular flexibility index (Phi) is 10.2. The van der Waals surface area contributed by atoms with Crippen LogP contribution in [-0.2, 0) is 11.2 Å². The summed E-state index contributed by atoms with van der Waals surface area (Å²) in [6.45, 7) is 17.8. The molecular weight excluding hydrogens is 550 g/mol. The summed E-state index contributed by atoms with van der Waals surface area (Å²) in [5.41, 5.74) is 6.78. The number of H-pyrrole nitrogens is 1. The number of carbonyl (C=O) groups is 2. The summed E-state index contributed by atoms with van der Waals surface area (Å²) in [5, 5.41) is 9.07. The summed E-state index contributed by atoms with van der Waals surface area (Å²) in [6.07, 6.45) is 3.37. The maximum Gasteiger partial charge on any atom is 0.410 e. The molecule has 2 amide bonds. The lowest BCUT2D eigenvalue weighted by molar-refractivity contribution is 0.0155. The van der Waals surface area contributed by atoms with E-state index in [1.54, 1.807) is 4.90 Å². The van der Waals surface area contributed by atoms with Crippen molar-refractivity contribution >= 4 is 12.0 Å². The molecule has 0 aliphatic carbocycles. The molecule has 44 heavy (non-hydrogen) atoms. The Morgan fingerprint density at radius 1 is 1.05 bits per heavy atom. The largest absolute Gasteiger partial charge is 0.444 e. The van der Waals surface area contributed by atoms with Gasteiger partial charge in [-0.3, -0.25) is 9.69 Å². The summed E-state index contributed by atoms with van der Waals surface area (Å²) in [5.74, 6) is 1.15. The Morgan fingerprint density at radius 2 is 1.68 bits per heavy atom. The monoisotopic (exact) mass is 597 g/mol. The van der Waals surface area contributed by atoms with Gasteiger partial charge in [0.2, 0.25) is 0 Å². The molecule has 8 nitrogen and oxygen atoms in total. The van der Waals surface area contributed by atoms with E-state index in [9.17, 15) is 9.59 Å². The predicted molar refractivity (Wildman–Crippen MR) is 174 cm³/mol. The first kappa shape index (κ1) is 32.8. The minimum absolute atomic E-state index is 0.0443. The number of nitriles is 1. The second-order valence-corrected chi connectivity index (χ2v) is 13.0. The summed E-state index contributed by atoms with van der Waals surface area (Å²) >= 11 is 0. The summed E-state index contributed by atoms with van der Waals surface area (Å²) in [4.78, 5) is 38.7. The second-order valence-electron chi connectivity index (χ2n) is 13.0. The number of aromatic amines is 1. The lowest BCUT2D eigenvalue weighted by Gasteiger charge is -2.34. The number of ether oxygens (including phenoxy) is 1. The second kappa shape index (κ2) is 13.7. The van der Waals surface area contributed by atoms with E-state index >= 15 is 0 Å². The fraction of sp³-hybridized carbons (Fsp3) is 0.500. The van der Waals surface area contributed by atoms with Crippen molar-refractivity contribution in [3.05, 3.63) is 75.6 Å². The van der Waals surface area contributed by atoms with E-state index in [0.29, 0.717) is 43.1 Å². The molecule has 1 atom stereocenters. The Balaban J connectivity index is 0.00000141. The van der Waals surface area contributed by atoms with E-state index in [-0.39, 0.29) is 18.0 Å². The van der Waals surface area contributed by atoms with Crippen molar-refractivity contribution < 1.29 is 14.3 Å². The number of likely N-dealkylation sites (tertiary alicyclic amines) is 1. The van der Waals surface area contributed by atoms with Gasteiger partial charge in [0.05, 0.1) is 23.4 Å². The lowest BCUT2D eigenvalue weighted by atomic mass is 9.88. The Hall–Kier alpha value is -4.12. The van der Waals surface area contributed by atoms with Crippen molar-refractivity contribution in [3.8, 4) is 17.5 Å². The van der Waals surface area contributed by atoms with Gasteiger partial charge >= 0.3 is 6.09 Å². The van der Waals surface area contributed by atoms with Crippen LogP contribution < -0.4 is 0 Å². The van der Waals surface area contributed by atoms with Gasteiger partial charge in [-0.2, -0.15) is 5.26 Å². The van der Waals surface area contributed by atoms with E-state index in [1.807, 2.05) is 76.8 Å². The van der Waals surface area contributed by atoms with Gasteiger partial charge in [0.1, 0.15) is 11.4 Å². The topological polar surface area (TPSA) is 102 Å². The molecule has 1 aromatic heterocycles. The van der Waals surface area contributed by atoms with Crippen LogP contribution in [0.3, 0.4) is 0 Å². The SMILES string of the molecule is CCC.Cc1cc(C)c(-c2nc3c([nH]2)CCN(C(=O)OC(C)(C)C)C3C)cc1C(=O)N1CCC(c2ccc(C#N)cc2)CC1. The zero-order chi connectivity index (χ0) is 32.2. The van der Waals surface area contributed by atoms with E-state index in [2.05, 4.69) is 31.0 Å². The third-order valence-electron chi connectivity index (χ3n) is 8.25. The standard InChI is InChI=1S/C33H39N5O3.C3H8/c1-20-17-21(2)27(31(39)37-14-11-25(12-15-37)24-9-7-23(19-34)8-10-24)18-26(20)30-35-28-13-16-38(22(3)29(28)36-30)32(40)41-33(4,5)6;1-3-2/h7-10,17-18,22,25H,11-16H2,1-6H3,(H,35,36);3H2,1-2H3. The van der Waals surface area contributed by atoms with Crippen molar-refractivity contribution in [2.75, 3.05) is 19.6 Å². The lowest BCUT2D eigenvalue weighted by Crippen LogP contribution is -2.42. The Bertz CT molecular complexity index is 1520. The van der Waals surface area contributed by atoms with Crippen molar-refractivity contribution in [1.82, 2.24) is 19.8 Å². The number of carbonyl (C=O) groups excluding carboxylic acids is 2. The van der Waals surface area contributed by atoms with Crippen LogP contribution in [0.4, 0.5) is 4.79 Å². The number of aryl methyl sites for hydroxylation is 2. The number of nitrogens with one attached hydrogen (secondary N) is 1. The molecular formula is C36H47N5O3. The van der Waals surface area contributed by atoms with Gasteiger partial charge in [0.25, 0.3) is 5.91 Å². The molecule has 1 saturated heterocycles. The molecule has 2 aliphatic heterocycles. The van der Waals surface area contributed by atoms with Crippen LogP contribution in [0, 0.1) is 25.2 Å². The minimum Gasteiger partial charge on any atom is -0.444 e. The Morgan fingerprint density at radius 3 is 2.27 bits per heavy atom. The van der Waals surface area contributed by atoms with Crippen LogP contribution >= 0.6 is 0 Å². The molecule has 1 fully saturated rings. The molecule has 0 spiro atoms. The third-order valence-corrected chi connectivity index (χ3v) is 8.25. The molecule has 5 rings (SSSR count). The zero-order valence-corrected chi connectivity index (χ0v) is 27.6. The maximum atomic E-state index is 13.7. The minimum atomic E-state index is -0.561. The molecule has 2 aromatic carbocycles. The number of piperidine rings is 1. The third kappa shape index (κ3) is 7.32. The van der Waals surface area contributed by atoms with E-state index in [4.69, 9.17) is 15.0 Å². The molecule has 3 aromatic rings. The molecule has 0 bridgehead atoms. The van der Waals surface area contributed by atoms with Gasteiger partial charge in [-0.15, -0.1) is 0 Å². The smallest absolute Gasteiger partial charge is 0.410 e. The number of fused-ring (bicyclic) bond motifs is 1. The number of aromatic nitrogens is 2. The predicted octanol–water partition coefficient (Wildman–Crippen LogP) is 7.86. The van der Waals surface area contributed by atoms with Gasteiger partial charge in [0.15, 0.2) is 0 Å². The van der Waals surface area contributed by atoms with Crippen molar-refractivity contribution in [3.63, 3.8) is 0 Å². The van der Waals surface area contributed by atoms with E-state index in [1.165, 1.54) is 12.0 Å². The first-order chi connectivity index (χ1) is 20.9. The number of benzene rings is 2. The molecule has 1 N–H and O–H groups in total. The highest BCUT2D eigenvalue weighted by Crippen LogP contribution is 2.34. The number of rotatable bonds is 3. The van der Waals surface area contributed by atoms with Gasteiger partial charge < -0.3 is 14.6 Å². The van der Waals surface area contributed by atoms with Crippen LogP contribution in [0.15, 0.2) is 36.4 Å². The number of hydrogen-bond donors (Lipinski definition) is 1. The summed E-state index contributed by atoms with van der Waals surface area (Å²) < 4.78 is 5.62. The van der Waals surface area contributed by atoms with E-state index in [0.717, 1.165) is 46.7 Å². The van der Waals surface area contributed by atoms with Gasteiger partial charge in [0, 0.05) is 42.9 Å². The van der Waals surface area contributed by atoms with E-state index < -0.39 is 5.60 Å². The normalized spacial score (nSPS) is 16.8. The average Bonchev–Trinajstić information content (AvgIpc) is 3.42. The quantitative estimate of drug-likeness (QED) is 0.331. The zero-order valence-electron chi connectivity index (χ0n) is 27.6. The molecule has 8 heteroatoms. The van der Waals surface area contributed by atoms with Crippen LogP contribution in [0.25, 0.3) is 11.4 Å². The molecule has 0 saturated carbocycles. The highest BCUT2D eigenvalue weighted by molar-refractivity contribution is 5.97. The van der Waals surface area contributed by atoms with Crippen LogP contribution in [0.2, 0.25) is 0 Å². The summed E-state index contributed by atoms with van der Waals surface area (Å²) in [6, 6.07) is 13.8. The van der Waals surface area contributed by atoms with Crippen LogP contribution in [0.5, 0.6) is 0 Å². The van der Waals surface area contributed by atoms with Gasteiger partial charge in [-0.25, -0.2) is 9.78 Å². The number of imidazole rings is 1. The first-order valence-corrected chi connectivity index (χ1v) is 15.9. The fourth-order valence-electron chi connectivity index (χ4n) is 5.98. The molecule has 234 valence electrons.